The van der Waals surface area contributed by atoms with Gasteiger partial charge in [-0.05, 0) is 42.0 Å². The molecule has 0 atom stereocenters. The molecule has 0 unspecified atom stereocenters. The van der Waals surface area contributed by atoms with Crippen LogP contribution < -0.4 is 5.32 Å². The number of halogens is 1. The molecular formula is C30H21ClN4O3S. The second kappa shape index (κ2) is 9.98. The number of sulfone groups is 1. The predicted molar refractivity (Wildman–Crippen MR) is 152 cm³/mol. The van der Waals surface area contributed by atoms with Crippen molar-refractivity contribution in [2.24, 2.45) is 0 Å². The van der Waals surface area contributed by atoms with Crippen molar-refractivity contribution in [3.8, 4) is 0 Å². The molecule has 6 rings (SSSR count). The fourth-order valence-corrected chi connectivity index (χ4v) is 6.29. The zero-order valence-corrected chi connectivity index (χ0v) is 22.0. The molecule has 0 aliphatic heterocycles. The maximum Gasteiger partial charge on any atom is 0.258 e. The summed E-state index contributed by atoms with van der Waals surface area (Å²) in [7, 11) is -4.15. The number of fused-ring (bicyclic) bond motifs is 2. The summed E-state index contributed by atoms with van der Waals surface area (Å²) in [5.74, 6) is -0.482. The van der Waals surface area contributed by atoms with Gasteiger partial charge in [-0.2, -0.15) is 0 Å². The number of nitrogens with zero attached hydrogens (tertiary/aromatic N) is 3. The summed E-state index contributed by atoms with van der Waals surface area (Å²) in [6.45, 7) is 0.243. The molecule has 0 radical (unpaired) electrons. The average Bonchev–Trinajstić information content (AvgIpc) is 3.25. The molecule has 0 aliphatic carbocycles. The van der Waals surface area contributed by atoms with E-state index in [2.05, 4.69) is 5.32 Å². The Morgan fingerprint density at radius 3 is 2.05 bits per heavy atom. The van der Waals surface area contributed by atoms with Crippen molar-refractivity contribution in [2.45, 2.75) is 16.3 Å². The third kappa shape index (κ3) is 4.54. The van der Waals surface area contributed by atoms with Gasteiger partial charge >= 0.3 is 0 Å². The number of aromatic nitrogens is 3. The number of para-hydroxylation sites is 2. The number of amides is 1. The van der Waals surface area contributed by atoms with Gasteiger partial charge in [0.1, 0.15) is 16.2 Å². The van der Waals surface area contributed by atoms with Gasteiger partial charge in [0.2, 0.25) is 9.84 Å². The Hall–Kier alpha value is -4.53. The van der Waals surface area contributed by atoms with Crippen LogP contribution in [0.4, 0.5) is 5.82 Å². The SMILES string of the molecule is O=C(Nc1c(S(=O)(=O)c2ccccc2)c2nc3ccccc3nc2n1Cc1ccccc1)c1ccccc1Cl. The first kappa shape index (κ1) is 24.8. The Morgan fingerprint density at radius 2 is 1.36 bits per heavy atom. The molecule has 0 saturated heterocycles. The van der Waals surface area contributed by atoms with Gasteiger partial charge in [-0.15, -0.1) is 0 Å². The maximum absolute atomic E-state index is 14.2. The molecule has 39 heavy (non-hydrogen) atoms. The lowest BCUT2D eigenvalue weighted by molar-refractivity contribution is 0.102. The minimum atomic E-state index is -4.15. The van der Waals surface area contributed by atoms with Crippen LogP contribution in [0.2, 0.25) is 5.02 Å². The first-order valence-corrected chi connectivity index (χ1v) is 14.0. The van der Waals surface area contributed by atoms with Gasteiger partial charge < -0.3 is 9.88 Å². The molecule has 9 heteroatoms. The highest BCUT2D eigenvalue weighted by Gasteiger charge is 2.32. The van der Waals surface area contributed by atoms with Crippen LogP contribution in [-0.2, 0) is 16.4 Å². The van der Waals surface area contributed by atoms with Crippen molar-refractivity contribution in [3.05, 3.63) is 125 Å². The molecular weight excluding hydrogens is 532 g/mol. The average molecular weight is 553 g/mol. The Bertz CT molecular complexity index is 1960. The number of nitrogens with one attached hydrogen (secondary N) is 1. The van der Waals surface area contributed by atoms with Gasteiger partial charge in [-0.1, -0.05) is 84.4 Å². The van der Waals surface area contributed by atoms with E-state index < -0.39 is 15.7 Å². The fraction of sp³-hybridized carbons (Fsp3) is 0.0333. The van der Waals surface area contributed by atoms with Gasteiger partial charge in [0.05, 0.1) is 33.1 Å². The smallest absolute Gasteiger partial charge is 0.258 e. The summed E-state index contributed by atoms with van der Waals surface area (Å²) in [5.41, 5.74) is 2.75. The first-order chi connectivity index (χ1) is 18.9. The lowest BCUT2D eigenvalue weighted by atomic mass is 10.2. The summed E-state index contributed by atoms with van der Waals surface area (Å²) in [5, 5.41) is 3.10. The van der Waals surface area contributed by atoms with Gasteiger partial charge in [0.25, 0.3) is 5.91 Å². The highest BCUT2D eigenvalue weighted by molar-refractivity contribution is 7.92. The summed E-state index contributed by atoms with van der Waals surface area (Å²) in [6, 6.07) is 31.5. The summed E-state index contributed by atoms with van der Waals surface area (Å²) in [4.78, 5) is 23.0. The third-order valence-electron chi connectivity index (χ3n) is 6.36. The molecule has 2 heterocycles. The van der Waals surface area contributed by atoms with Gasteiger partial charge in [0.15, 0.2) is 5.65 Å². The normalized spacial score (nSPS) is 11.6. The number of anilines is 1. The van der Waals surface area contributed by atoms with Gasteiger partial charge in [-0.3, -0.25) is 4.79 Å². The van der Waals surface area contributed by atoms with Crippen LogP contribution in [0.25, 0.3) is 22.2 Å². The van der Waals surface area contributed by atoms with E-state index in [-0.39, 0.29) is 38.3 Å². The molecule has 1 amide bonds. The van der Waals surface area contributed by atoms with E-state index in [4.69, 9.17) is 21.6 Å². The van der Waals surface area contributed by atoms with E-state index in [9.17, 15) is 13.2 Å². The van der Waals surface area contributed by atoms with E-state index >= 15 is 0 Å². The molecule has 0 spiro atoms. The van der Waals surface area contributed by atoms with Crippen LogP contribution in [0, 0.1) is 0 Å². The van der Waals surface area contributed by atoms with E-state index in [0.717, 1.165) is 5.56 Å². The standard InChI is InChI=1S/C30H21ClN4O3S/c31-23-16-8-7-15-22(23)30(36)34-29-27(39(37,38)21-13-5-2-6-14-21)26-28(33-25-18-10-9-17-24(25)32-26)35(29)19-20-11-3-1-4-12-20/h1-18H,19H2,(H,34,36). The zero-order valence-electron chi connectivity index (χ0n) is 20.5. The number of benzene rings is 4. The second-order valence-electron chi connectivity index (χ2n) is 8.88. The van der Waals surface area contributed by atoms with Crippen LogP contribution in [0.1, 0.15) is 15.9 Å². The Kier molecular flexibility index (Phi) is 6.34. The monoisotopic (exact) mass is 552 g/mol. The highest BCUT2D eigenvalue weighted by Crippen LogP contribution is 2.38. The minimum Gasteiger partial charge on any atom is -0.307 e. The van der Waals surface area contributed by atoms with Crippen molar-refractivity contribution in [1.82, 2.24) is 14.5 Å². The van der Waals surface area contributed by atoms with E-state index in [1.807, 2.05) is 48.5 Å². The van der Waals surface area contributed by atoms with Crippen LogP contribution in [-0.4, -0.2) is 28.9 Å². The third-order valence-corrected chi connectivity index (χ3v) is 8.51. The van der Waals surface area contributed by atoms with Crippen LogP contribution in [0.3, 0.4) is 0 Å². The zero-order chi connectivity index (χ0) is 27.0. The lowest BCUT2D eigenvalue weighted by Crippen LogP contribution is -2.18. The number of rotatable bonds is 6. The Balaban J connectivity index is 1.68. The van der Waals surface area contributed by atoms with Crippen molar-refractivity contribution < 1.29 is 13.2 Å². The predicted octanol–water partition coefficient (Wildman–Crippen LogP) is 6.37. The molecule has 0 fully saturated rings. The molecule has 0 bridgehead atoms. The van der Waals surface area contributed by atoms with Crippen molar-refractivity contribution in [3.63, 3.8) is 0 Å². The number of carbonyl (C=O) groups excluding carboxylic acids is 1. The molecule has 1 N–H and O–H groups in total. The van der Waals surface area contributed by atoms with E-state index in [1.54, 1.807) is 53.1 Å². The number of hydrogen-bond donors (Lipinski definition) is 1. The number of hydrogen-bond acceptors (Lipinski definition) is 5. The molecule has 4 aromatic carbocycles. The summed E-state index contributed by atoms with van der Waals surface area (Å²) >= 11 is 6.32. The summed E-state index contributed by atoms with van der Waals surface area (Å²) < 4.78 is 30.1. The van der Waals surface area contributed by atoms with Gasteiger partial charge in [-0.25, -0.2) is 18.4 Å². The van der Waals surface area contributed by atoms with Crippen LogP contribution in [0.5, 0.6) is 0 Å². The quantitative estimate of drug-likeness (QED) is 0.259. The topological polar surface area (TPSA) is 93.9 Å². The van der Waals surface area contributed by atoms with E-state index in [0.29, 0.717) is 16.7 Å². The first-order valence-electron chi connectivity index (χ1n) is 12.1. The molecule has 0 aliphatic rings. The maximum atomic E-state index is 14.2. The Labute approximate surface area is 229 Å². The van der Waals surface area contributed by atoms with Crippen LogP contribution >= 0.6 is 11.6 Å². The number of carbonyl (C=O) groups is 1. The van der Waals surface area contributed by atoms with Gasteiger partial charge in [0, 0.05) is 0 Å². The highest BCUT2D eigenvalue weighted by atomic mass is 35.5. The van der Waals surface area contributed by atoms with Crippen LogP contribution in [0.15, 0.2) is 119 Å². The molecule has 2 aromatic heterocycles. The van der Waals surface area contributed by atoms with Crippen molar-refractivity contribution >= 4 is 55.4 Å². The molecule has 192 valence electrons. The largest absolute Gasteiger partial charge is 0.307 e. The Morgan fingerprint density at radius 1 is 0.769 bits per heavy atom. The molecule has 6 aromatic rings. The molecule has 0 saturated carbocycles. The van der Waals surface area contributed by atoms with E-state index in [1.165, 1.54) is 12.1 Å². The second-order valence-corrected chi connectivity index (χ2v) is 11.2. The van der Waals surface area contributed by atoms with Crippen molar-refractivity contribution in [1.29, 1.82) is 0 Å². The van der Waals surface area contributed by atoms with Crippen molar-refractivity contribution in [2.75, 3.05) is 5.32 Å². The summed E-state index contributed by atoms with van der Waals surface area (Å²) in [6.07, 6.45) is 0. The fourth-order valence-electron chi connectivity index (χ4n) is 4.51. The molecule has 7 nitrogen and oxygen atoms in total. The minimum absolute atomic E-state index is 0.0675. The lowest BCUT2D eigenvalue weighted by Gasteiger charge is -2.14.